The summed E-state index contributed by atoms with van der Waals surface area (Å²) in [4.78, 5) is 12.1. The topological polar surface area (TPSA) is 83.8 Å². The highest BCUT2D eigenvalue weighted by atomic mass is 16.2. The van der Waals surface area contributed by atoms with Crippen LogP contribution in [0.1, 0.15) is 12.8 Å². The molecule has 0 spiro atoms. The zero-order valence-corrected chi connectivity index (χ0v) is 9.36. The van der Waals surface area contributed by atoms with E-state index in [4.69, 9.17) is 5.73 Å². The van der Waals surface area contributed by atoms with Gasteiger partial charge in [0.1, 0.15) is 0 Å². The highest BCUT2D eigenvalue weighted by Gasteiger charge is 2.48. The molecule has 5 nitrogen and oxygen atoms in total. The molecule has 0 saturated heterocycles. The number of H-pyrrole nitrogens is 1. The molecule has 2 aromatic rings. The highest BCUT2D eigenvalue weighted by Crippen LogP contribution is 2.45. The van der Waals surface area contributed by atoms with Crippen molar-refractivity contribution in [1.82, 2.24) is 10.2 Å². The van der Waals surface area contributed by atoms with Gasteiger partial charge in [0.05, 0.1) is 22.8 Å². The summed E-state index contributed by atoms with van der Waals surface area (Å²) in [5, 5.41) is 10.8. The molecule has 5 heteroatoms. The molecule has 1 aromatic heterocycles. The van der Waals surface area contributed by atoms with Crippen molar-refractivity contribution >= 4 is 22.5 Å². The fourth-order valence-electron chi connectivity index (χ4n) is 2.00. The molecule has 1 saturated carbocycles. The second-order valence-electron chi connectivity index (χ2n) is 4.58. The largest absolute Gasteiger partial charge is 0.329 e. The van der Waals surface area contributed by atoms with Crippen LogP contribution < -0.4 is 11.1 Å². The summed E-state index contributed by atoms with van der Waals surface area (Å²) in [6.45, 7) is 0.414. The average molecular weight is 230 g/mol. The van der Waals surface area contributed by atoms with Crippen molar-refractivity contribution in [3.63, 3.8) is 0 Å². The minimum atomic E-state index is -0.331. The Balaban J connectivity index is 1.90. The molecule has 1 aliphatic rings. The summed E-state index contributed by atoms with van der Waals surface area (Å²) in [7, 11) is 0. The Hall–Kier alpha value is -1.88. The number of para-hydroxylation sites is 1. The van der Waals surface area contributed by atoms with Crippen LogP contribution in [0.15, 0.2) is 24.4 Å². The molecule has 0 unspecified atom stereocenters. The molecule has 1 aliphatic carbocycles. The zero-order valence-electron chi connectivity index (χ0n) is 9.36. The molecule has 0 bridgehead atoms. The van der Waals surface area contributed by atoms with Gasteiger partial charge in [-0.3, -0.25) is 9.89 Å². The van der Waals surface area contributed by atoms with Gasteiger partial charge in [-0.05, 0) is 18.9 Å². The Kier molecular flexibility index (Phi) is 2.16. The minimum Gasteiger partial charge on any atom is -0.329 e. The van der Waals surface area contributed by atoms with Crippen molar-refractivity contribution in [2.75, 3.05) is 11.9 Å². The van der Waals surface area contributed by atoms with E-state index in [-0.39, 0.29) is 11.3 Å². The summed E-state index contributed by atoms with van der Waals surface area (Å²) < 4.78 is 0. The molecular weight excluding hydrogens is 216 g/mol. The number of carbonyl (C=O) groups is 1. The van der Waals surface area contributed by atoms with Crippen molar-refractivity contribution in [1.29, 1.82) is 0 Å². The van der Waals surface area contributed by atoms with Crippen molar-refractivity contribution in [2.24, 2.45) is 11.1 Å². The fourth-order valence-corrected chi connectivity index (χ4v) is 2.00. The van der Waals surface area contributed by atoms with E-state index in [2.05, 4.69) is 15.5 Å². The number of hydrogen-bond acceptors (Lipinski definition) is 3. The number of anilines is 1. The van der Waals surface area contributed by atoms with Gasteiger partial charge < -0.3 is 11.1 Å². The number of hydrogen-bond donors (Lipinski definition) is 3. The number of nitrogens with two attached hydrogens (primary N) is 1. The number of carbonyl (C=O) groups excluding carboxylic acids is 1. The van der Waals surface area contributed by atoms with Crippen molar-refractivity contribution in [3.8, 4) is 0 Å². The molecule has 88 valence electrons. The van der Waals surface area contributed by atoms with E-state index in [1.807, 2.05) is 18.2 Å². The summed E-state index contributed by atoms with van der Waals surface area (Å²) in [6, 6.07) is 5.71. The lowest BCUT2D eigenvalue weighted by molar-refractivity contribution is -0.120. The molecule has 1 fully saturated rings. The molecule has 0 radical (unpaired) electrons. The molecule has 1 aromatic carbocycles. The zero-order chi connectivity index (χ0) is 11.9. The van der Waals surface area contributed by atoms with Crippen LogP contribution in [0.5, 0.6) is 0 Å². The number of benzene rings is 1. The molecular formula is C12H14N4O. The molecule has 4 N–H and O–H groups in total. The van der Waals surface area contributed by atoms with Crippen LogP contribution in [-0.4, -0.2) is 22.6 Å². The maximum absolute atomic E-state index is 12.1. The highest BCUT2D eigenvalue weighted by molar-refractivity contribution is 6.03. The summed E-state index contributed by atoms with van der Waals surface area (Å²) in [5.74, 6) is 0.0158. The number of rotatable bonds is 3. The monoisotopic (exact) mass is 230 g/mol. The number of aromatic nitrogens is 2. The van der Waals surface area contributed by atoms with Gasteiger partial charge in [-0.15, -0.1) is 0 Å². The molecule has 0 aliphatic heterocycles. The van der Waals surface area contributed by atoms with E-state index in [1.54, 1.807) is 6.20 Å². The third kappa shape index (κ3) is 1.59. The number of fused-ring (bicyclic) bond motifs is 1. The number of amides is 1. The van der Waals surface area contributed by atoms with Gasteiger partial charge in [0.2, 0.25) is 5.91 Å². The predicted molar refractivity (Wildman–Crippen MR) is 65.4 cm³/mol. The smallest absolute Gasteiger partial charge is 0.231 e. The first kappa shape index (κ1) is 10.3. The van der Waals surface area contributed by atoms with Gasteiger partial charge in [0.15, 0.2) is 0 Å². The molecule has 17 heavy (non-hydrogen) atoms. The number of aromatic amines is 1. The normalized spacial score (nSPS) is 17.0. The van der Waals surface area contributed by atoms with Crippen LogP contribution in [0.25, 0.3) is 10.9 Å². The van der Waals surface area contributed by atoms with Crippen LogP contribution in [0.2, 0.25) is 0 Å². The second kappa shape index (κ2) is 3.56. The van der Waals surface area contributed by atoms with Gasteiger partial charge >= 0.3 is 0 Å². The SMILES string of the molecule is NCC1(C(=O)Nc2cccc3cn[nH]c23)CC1. The molecule has 1 amide bonds. The second-order valence-corrected chi connectivity index (χ2v) is 4.58. The fraction of sp³-hybridized carbons (Fsp3) is 0.333. The standard InChI is InChI=1S/C12H14N4O/c13-7-12(4-5-12)11(17)15-9-3-1-2-8-6-14-16-10(8)9/h1-3,6H,4-5,7,13H2,(H,14,16)(H,15,17). The molecule has 3 rings (SSSR count). The van der Waals surface area contributed by atoms with Crippen molar-refractivity contribution < 1.29 is 4.79 Å². The van der Waals surface area contributed by atoms with Gasteiger partial charge in [-0.1, -0.05) is 12.1 Å². The van der Waals surface area contributed by atoms with Crippen LogP contribution in [-0.2, 0) is 4.79 Å². The van der Waals surface area contributed by atoms with E-state index in [9.17, 15) is 4.79 Å². The number of nitrogens with one attached hydrogen (secondary N) is 2. The van der Waals surface area contributed by atoms with Crippen molar-refractivity contribution in [3.05, 3.63) is 24.4 Å². The first-order valence-electron chi connectivity index (χ1n) is 5.69. The van der Waals surface area contributed by atoms with Crippen molar-refractivity contribution in [2.45, 2.75) is 12.8 Å². The Bertz CT molecular complexity index is 571. The Morgan fingerprint density at radius 3 is 3.06 bits per heavy atom. The lowest BCUT2D eigenvalue weighted by Gasteiger charge is -2.13. The van der Waals surface area contributed by atoms with Gasteiger partial charge in [0.25, 0.3) is 0 Å². The predicted octanol–water partition coefficient (Wildman–Crippen LogP) is 1.24. The van der Waals surface area contributed by atoms with Gasteiger partial charge in [0, 0.05) is 11.9 Å². The summed E-state index contributed by atoms with van der Waals surface area (Å²) >= 11 is 0. The Morgan fingerprint density at radius 1 is 1.53 bits per heavy atom. The summed E-state index contributed by atoms with van der Waals surface area (Å²) in [6.07, 6.45) is 3.50. The van der Waals surface area contributed by atoms with Crippen LogP contribution >= 0.6 is 0 Å². The molecule has 0 atom stereocenters. The van der Waals surface area contributed by atoms with Gasteiger partial charge in [-0.25, -0.2) is 0 Å². The Morgan fingerprint density at radius 2 is 2.35 bits per heavy atom. The molecule has 1 heterocycles. The number of nitrogens with zero attached hydrogens (tertiary/aromatic N) is 1. The third-order valence-electron chi connectivity index (χ3n) is 3.45. The maximum Gasteiger partial charge on any atom is 0.231 e. The van der Waals surface area contributed by atoms with E-state index < -0.39 is 0 Å². The maximum atomic E-state index is 12.1. The van der Waals surface area contributed by atoms with Gasteiger partial charge in [-0.2, -0.15) is 5.10 Å². The quantitative estimate of drug-likeness (QED) is 0.741. The first-order valence-corrected chi connectivity index (χ1v) is 5.69. The van der Waals surface area contributed by atoms with Crippen LogP contribution in [0, 0.1) is 5.41 Å². The van der Waals surface area contributed by atoms with E-state index >= 15 is 0 Å². The lowest BCUT2D eigenvalue weighted by atomic mass is 10.1. The van der Waals surface area contributed by atoms with E-state index in [0.29, 0.717) is 6.54 Å². The van der Waals surface area contributed by atoms with Crippen LogP contribution in [0.3, 0.4) is 0 Å². The summed E-state index contributed by atoms with van der Waals surface area (Å²) in [5.41, 5.74) is 6.93. The lowest BCUT2D eigenvalue weighted by Crippen LogP contribution is -2.30. The Labute approximate surface area is 98.4 Å². The van der Waals surface area contributed by atoms with Crippen LogP contribution in [0.4, 0.5) is 5.69 Å². The average Bonchev–Trinajstić information content (AvgIpc) is 3.00. The third-order valence-corrected chi connectivity index (χ3v) is 3.45. The minimum absolute atomic E-state index is 0.0158. The van der Waals surface area contributed by atoms with E-state index in [0.717, 1.165) is 29.4 Å². The first-order chi connectivity index (χ1) is 8.25. The van der Waals surface area contributed by atoms with E-state index in [1.165, 1.54) is 0 Å².